The second-order valence-electron chi connectivity index (χ2n) is 16.7. The standard InChI is InChI=1S/C43H55N7O9/c1-5-27-13-15-29(16-14-27)45-42(58)46-31(21-28-11-8-10-24(2)20-28)37(53)47-34-26(4)59-36-35(52)43(36)17-9-19-50(43)39(55)25(3)44-38(54)32-12-6-7-18-48(32)40(56)33-22-30(51)23-49(33)41(34)57/h8,10-11,13-16,20,25-26,30-34,36,51H,5-7,9,12,17-19,21-23H2,1-4H3,(H,44,54)(H,47,53)(H2,45,46,58)/t25-,26-,30+,31-,32-,33-,34-,36?,43?/m0/s1. The van der Waals surface area contributed by atoms with E-state index in [2.05, 4.69) is 21.3 Å². The Balaban J connectivity index is 1.22. The number of urea groups is 1. The van der Waals surface area contributed by atoms with Gasteiger partial charge in [0.1, 0.15) is 41.9 Å². The van der Waals surface area contributed by atoms with E-state index >= 15 is 0 Å². The van der Waals surface area contributed by atoms with Crippen LogP contribution in [0, 0.1) is 6.92 Å². The van der Waals surface area contributed by atoms with Crippen LogP contribution in [0.25, 0.3) is 0 Å². The average molecular weight is 814 g/mol. The van der Waals surface area contributed by atoms with Gasteiger partial charge in [0.15, 0.2) is 5.78 Å². The number of benzene rings is 2. The lowest BCUT2D eigenvalue weighted by molar-refractivity contribution is -0.153. The molecular weight excluding hydrogens is 759 g/mol. The van der Waals surface area contributed by atoms with Crippen LogP contribution in [-0.4, -0.2) is 135 Å². The molecule has 2 aromatic carbocycles. The minimum atomic E-state index is -1.50. The lowest BCUT2D eigenvalue weighted by Crippen LogP contribution is -2.63. The number of ketones is 1. The predicted molar refractivity (Wildman–Crippen MR) is 215 cm³/mol. The van der Waals surface area contributed by atoms with Crippen molar-refractivity contribution in [1.29, 1.82) is 0 Å². The van der Waals surface area contributed by atoms with Gasteiger partial charge in [-0.25, -0.2) is 4.79 Å². The van der Waals surface area contributed by atoms with Crippen LogP contribution in [0.2, 0.25) is 0 Å². The van der Waals surface area contributed by atoms with Crippen LogP contribution in [0.1, 0.15) is 76.0 Å². The van der Waals surface area contributed by atoms with Gasteiger partial charge in [-0.3, -0.25) is 28.8 Å². The zero-order valence-electron chi connectivity index (χ0n) is 34.1. The Labute approximate surface area is 343 Å². The smallest absolute Gasteiger partial charge is 0.319 e. The van der Waals surface area contributed by atoms with Gasteiger partial charge < -0.3 is 45.8 Å². The molecule has 9 atom stereocenters. The van der Waals surface area contributed by atoms with Gasteiger partial charge in [-0.2, -0.15) is 0 Å². The lowest BCUT2D eigenvalue weighted by Gasteiger charge is -2.39. The van der Waals surface area contributed by atoms with Gasteiger partial charge in [0.2, 0.25) is 29.5 Å². The summed E-state index contributed by atoms with van der Waals surface area (Å²) in [5.41, 5.74) is 1.98. The number of anilines is 1. The van der Waals surface area contributed by atoms with Crippen molar-refractivity contribution in [2.45, 2.75) is 133 Å². The maximum atomic E-state index is 14.9. The molecule has 2 unspecified atom stereocenters. The summed E-state index contributed by atoms with van der Waals surface area (Å²) >= 11 is 0. The first-order valence-corrected chi connectivity index (χ1v) is 20.8. The van der Waals surface area contributed by atoms with Crippen molar-refractivity contribution >= 4 is 47.0 Å². The van der Waals surface area contributed by atoms with Gasteiger partial charge in [0, 0.05) is 38.2 Å². The molecule has 7 rings (SSSR count). The summed E-state index contributed by atoms with van der Waals surface area (Å²) in [7, 11) is 0. The highest BCUT2D eigenvalue weighted by Crippen LogP contribution is 2.49. The molecule has 4 aliphatic heterocycles. The van der Waals surface area contributed by atoms with Gasteiger partial charge in [0.25, 0.3) is 0 Å². The molecule has 59 heavy (non-hydrogen) atoms. The highest BCUT2D eigenvalue weighted by molar-refractivity contribution is 6.14. The number of nitrogens with zero attached hydrogens (tertiary/aromatic N) is 3. The van der Waals surface area contributed by atoms with E-state index < -0.39 is 89.6 Å². The number of carbonyl (C=O) groups is 7. The van der Waals surface area contributed by atoms with Crippen LogP contribution in [0.4, 0.5) is 10.5 Å². The third-order valence-electron chi connectivity index (χ3n) is 12.5. The fraction of sp³-hybridized carbons (Fsp3) is 0.558. The Morgan fingerprint density at radius 1 is 0.932 bits per heavy atom. The summed E-state index contributed by atoms with van der Waals surface area (Å²) in [5.74, 6) is -3.32. The van der Waals surface area contributed by atoms with Gasteiger partial charge in [-0.05, 0) is 82.6 Å². The quantitative estimate of drug-likeness (QED) is 0.273. The molecule has 0 aromatic heterocycles. The van der Waals surface area contributed by atoms with E-state index in [9.17, 15) is 38.7 Å². The molecule has 1 saturated carbocycles. The molecule has 1 spiro atoms. The summed E-state index contributed by atoms with van der Waals surface area (Å²) < 4.78 is 6.36. The van der Waals surface area contributed by atoms with E-state index in [1.165, 1.54) is 21.6 Å². The van der Waals surface area contributed by atoms with E-state index in [4.69, 9.17) is 4.74 Å². The fourth-order valence-corrected chi connectivity index (χ4v) is 9.25. The Morgan fingerprint density at radius 3 is 2.42 bits per heavy atom. The normalized spacial score (nSPS) is 30.4. The number of fused-ring (bicyclic) bond motifs is 2. The first-order valence-electron chi connectivity index (χ1n) is 20.8. The topological polar surface area (TPSA) is 207 Å². The highest BCUT2D eigenvalue weighted by Gasteiger charge is 2.73. The number of aryl methyl sites for hydroxylation is 2. The minimum absolute atomic E-state index is 0.0489. The van der Waals surface area contributed by atoms with Crippen molar-refractivity contribution in [3.8, 4) is 0 Å². The number of carbonyl (C=O) groups excluding carboxylic acids is 7. The molecule has 4 heterocycles. The van der Waals surface area contributed by atoms with Crippen molar-refractivity contribution in [3.05, 3.63) is 65.2 Å². The largest absolute Gasteiger partial charge is 0.391 e. The second-order valence-corrected chi connectivity index (χ2v) is 16.7. The Morgan fingerprint density at radius 2 is 1.69 bits per heavy atom. The zero-order valence-corrected chi connectivity index (χ0v) is 34.1. The molecule has 316 valence electrons. The van der Waals surface area contributed by atoms with Crippen LogP contribution in [0.3, 0.4) is 0 Å². The molecule has 5 aliphatic rings. The predicted octanol–water partition coefficient (Wildman–Crippen LogP) is 1.35. The molecule has 0 bridgehead atoms. The number of rotatable bonds is 7. The van der Waals surface area contributed by atoms with E-state index in [1.54, 1.807) is 19.1 Å². The summed E-state index contributed by atoms with van der Waals surface area (Å²) in [4.78, 5) is 103. The van der Waals surface area contributed by atoms with Crippen LogP contribution >= 0.6 is 0 Å². The monoisotopic (exact) mass is 813 g/mol. The molecule has 5 fully saturated rings. The van der Waals surface area contributed by atoms with Crippen molar-refractivity contribution in [1.82, 2.24) is 30.7 Å². The highest BCUT2D eigenvalue weighted by atomic mass is 16.5. The van der Waals surface area contributed by atoms with E-state index in [1.807, 2.05) is 50.2 Å². The number of nitrogens with one attached hydrogen (secondary N) is 4. The summed E-state index contributed by atoms with van der Waals surface area (Å²) in [6.07, 6.45) is -0.151. The van der Waals surface area contributed by atoms with Crippen LogP contribution in [0.15, 0.2) is 48.5 Å². The first kappa shape index (κ1) is 41.8. The van der Waals surface area contributed by atoms with Crippen molar-refractivity contribution in [3.63, 3.8) is 0 Å². The third kappa shape index (κ3) is 8.42. The summed E-state index contributed by atoms with van der Waals surface area (Å²) in [5, 5.41) is 22.1. The average Bonchev–Trinajstić information content (AvgIpc) is 3.53. The number of amides is 7. The number of hydrogen-bond donors (Lipinski definition) is 5. The van der Waals surface area contributed by atoms with E-state index in [0.717, 1.165) is 23.1 Å². The number of hydrogen-bond acceptors (Lipinski definition) is 9. The summed E-state index contributed by atoms with van der Waals surface area (Å²) in [6.45, 7) is 7.28. The molecule has 5 N–H and O–H groups in total. The number of piperidine rings is 1. The van der Waals surface area contributed by atoms with Gasteiger partial charge >= 0.3 is 6.03 Å². The van der Waals surface area contributed by atoms with Crippen molar-refractivity contribution in [2.24, 2.45) is 0 Å². The Hall–Kier alpha value is -5.35. The van der Waals surface area contributed by atoms with Gasteiger partial charge in [-0.1, -0.05) is 48.9 Å². The Kier molecular flexibility index (Phi) is 12.1. The van der Waals surface area contributed by atoms with Crippen LogP contribution in [0.5, 0.6) is 0 Å². The second kappa shape index (κ2) is 17.1. The number of ether oxygens (including phenoxy) is 1. The zero-order chi connectivity index (χ0) is 42.2. The molecule has 1 aliphatic carbocycles. The van der Waals surface area contributed by atoms with E-state index in [0.29, 0.717) is 37.8 Å². The van der Waals surface area contributed by atoms with Crippen molar-refractivity contribution in [2.75, 3.05) is 25.0 Å². The molecule has 2 aromatic rings. The number of Topliss-reactive ketones (excluding diaryl/α,β-unsaturated/α-hetero) is 1. The molecule has 16 nitrogen and oxygen atoms in total. The first-order chi connectivity index (χ1) is 28.2. The SMILES string of the molecule is CCc1ccc(NC(=O)N[C@@H](Cc2cccc(C)c2)C(=O)N[C@@H]2C(=O)N3C[C@H](O)C[C@H]3C(=O)N3CCCC[C@H]3C(=O)N[C@@H](C)C(=O)N3CCCC34C(=O)C4O[C@H]2C)cc1. The molecule has 4 saturated heterocycles. The van der Waals surface area contributed by atoms with Crippen LogP contribution < -0.4 is 21.3 Å². The molecular formula is C43H55N7O9. The van der Waals surface area contributed by atoms with Gasteiger partial charge in [0.05, 0.1) is 12.2 Å². The van der Waals surface area contributed by atoms with E-state index in [-0.39, 0.29) is 38.3 Å². The number of aliphatic hydroxyl groups excluding tert-OH is 1. The maximum Gasteiger partial charge on any atom is 0.319 e. The third-order valence-corrected chi connectivity index (χ3v) is 12.5. The number of aliphatic hydroxyl groups is 1. The molecule has 7 amide bonds. The lowest BCUT2D eigenvalue weighted by atomic mass is 9.98. The minimum Gasteiger partial charge on any atom is -0.391 e. The molecule has 16 heteroatoms. The fourth-order valence-electron chi connectivity index (χ4n) is 9.25. The molecule has 0 radical (unpaired) electrons. The maximum absolute atomic E-state index is 14.9. The van der Waals surface area contributed by atoms with Crippen molar-refractivity contribution < 1.29 is 43.4 Å². The van der Waals surface area contributed by atoms with Crippen LogP contribution in [-0.2, 0) is 46.3 Å². The van der Waals surface area contributed by atoms with Gasteiger partial charge in [-0.15, -0.1) is 0 Å². The summed E-state index contributed by atoms with van der Waals surface area (Å²) in [6, 6.07) is 8.29. The Bertz CT molecular complexity index is 1990.